The highest BCUT2D eigenvalue weighted by Gasteiger charge is 2.21. The molecule has 0 radical (unpaired) electrons. The molecule has 0 aliphatic heterocycles. The molecule has 218 valence electrons. The maximum atomic E-state index is 12.4. The lowest BCUT2D eigenvalue weighted by Crippen LogP contribution is -2.44. The predicted octanol–water partition coefficient (Wildman–Crippen LogP) is 2.72. The van der Waals surface area contributed by atoms with Gasteiger partial charge in [0.2, 0.25) is 17.7 Å². The SMILES string of the molecule is C[C@@H](CC(=O)N[C@@H](C)CC(=O)OCc1ccccc1)NC(=O)C[C@H](C)NC(=O)C[C@H](C)NC(=O)OC(C)(C)C. The van der Waals surface area contributed by atoms with E-state index in [0.717, 1.165) is 5.56 Å². The smallest absolute Gasteiger partial charge is 0.407 e. The highest BCUT2D eigenvalue weighted by atomic mass is 16.6. The second kappa shape index (κ2) is 16.4. The number of alkyl carbamates (subject to hydrolysis) is 1. The predicted molar refractivity (Wildman–Crippen MR) is 146 cm³/mol. The molecule has 1 aromatic carbocycles. The second-order valence-electron chi connectivity index (χ2n) is 10.9. The Kier molecular flexibility index (Phi) is 14.0. The summed E-state index contributed by atoms with van der Waals surface area (Å²) in [6.07, 6.45) is -0.494. The number of nitrogens with one attached hydrogen (secondary N) is 4. The Balaban J connectivity index is 2.29. The van der Waals surface area contributed by atoms with Crippen LogP contribution in [0.3, 0.4) is 0 Å². The van der Waals surface area contributed by atoms with Gasteiger partial charge in [-0.1, -0.05) is 30.3 Å². The summed E-state index contributed by atoms with van der Waals surface area (Å²) < 4.78 is 10.4. The van der Waals surface area contributed by atoms with E-state index in [2.05, 4.69) is 21.3 Å². The van der Waals surface area contributed by atoms with Crippen molar-refractivity contribution in [1.29, 1.82) is 0 Å². The van der Waals surface area contributed by atoms with Crippen LogP contribution in [0, 0.1) is 0 Å². The highest BCUT2D eigenvalue weighted by molar-refractivity contribution is 5.82. The largest absolute Gasteiger partial charge is 0.461 e. The summed E-state index contributed by atoms with van der Waals surface area (Å²) in [5.74, 6) is -1.36. The number of esters is 1. The average Bonchev–Trinajstić information content (AvgIpc) is 2.75. The van der Waals surface area contributed by atoms with Crippen LogP contribution < -0.4 is 21.3 Å². The Hall–Kier alpha value is -3.63. The van der Waals surface area contributed by atoms with Crippen LogP contribution >= 0.6 is 0 Å². The molecule has 0 fully saturated rings. The van der Waals surface area contributed by atoms with Crippen molar-refractivity contribution in [2.45, 2.75) is 111 Å². The first-order valence-corrected chi connectivity index (χ1v) is 13.2. The summed E-state index contributed by atoms with van der Waals surface area (Å²) in [4.78, 5) is 60.8. The molecular weight excluding hydrogens is 504 g/mol. The van der Waals surface area contributed by atoms with Gasteiger partial charge in [-0.05, 0) is 54.0 Å². The van der Waals surface area contributed by atoms with Crippen LogP contribution in [0.1, 0.15) is 79.7 Å². The number of hydrogen-bond acceptors (Lipinski definition) is 7. The highest BCUT2D eigenvalue weighted by Crippen LogP contribution is 2.07. The van der Waals surface area contributed by atoms with E-state index in [1.807, 2.05) is 30.3 Å². The fourth-order valence-corrected chi connectivity index (χ4v) is 3.60. The Morgan fingerprint density at radius 2 is 1.08 bits per heavy atom. The minimum Gasteiger partial charge on any atom is -0.461 e. The van der Waals surface area contributed by atoms with Crippen LogP contribution in [-0.4, -0.2) is 59.6 Å². The third-order valence-corrected chi connectivity index (χ3v) is 5.18. The Labute approximate surface area is 231 Å². The van der Waals surface area contributed by atoms with E-state index in [4.69, 9.17) is 9.47 Å². The van der Waals surface area contributed by atoms with Crippen molar-refractivity contribution in [1.82, 2.24) is 21.3 Å². The lowest BCUT2D eigenvalue weighted by molar-refractivity contribution is -0.145. The molecule has 0 spiro atoms. The molecule has 0 aliphatic carbocycles. The van der Waals surface area contributed by atoms with Gasteiger partial charge in [0.15, 0.2) is 0 Å². The van der Waals surface area contributed by atoms with Gasteiger partial charge < -0.3 is 30.7 Å². The molecule has 11 heteroatoms. The summed E-state index contributed by atoms with van der Waals surface area (Å²) in [5, 5.41) is 10.8. The fourth-order valence-electron chi connectivity index (χ4n) is 3.60. The first-order valence-electron chi connectivity index (χ1n) is 13.2. The molecular formula is C28H44N4O7. The molecule has 4 amide bonds. The lowest BCUT2D eigenvalue weighted by Gasteiger charge is -2.22. The van der Waals surface area contributed by atoms with Crippen LogP contribution in [-0.2, 0) is 35.3 Å². The number of hydrogen-bond donors (Lipinski definition) is 4. The third kappa shape index (κ3) is 16.7. The summed E-state index contributed by atoms with van der Waals surface area (Å²) in [6, 6.07) is 7.53. The van der Waals surface area contributed by atoms with Crippen molar-refractivity contribution >= 4 is 29.8 Å². The summed E-state index contributed by atoms with van der Waals surface area (Å²) in [5.41, 5.74) is 0.242. The van der Waals surface area contributed by atoms with E-state index in [9.17, 15) is 24.0 Å². The van der Waals surface area contributed by atoms with Gasteiger partial charge in [-0.3, -0.25) is 19.2 Å². The summed E-state index contributed by atoms with van der Waals surface area (Å²) in [6.45, 7) is 12.2. The molecule has 0 heterocycles. The zero-order valence-corrected chi connectivity index (χ0v) is 24.1. The van der Waals surface area contributed by atoms with Crippen LogP contribution in [0.4, 0.5) is 4.79 Å². The van der Waals surface area contributed by atoms with Crippen molar-refractivity contribution < 1.29 is 33.4 Å². The normalized spacial score (nSPS) is 14.1. The molecule has 0 saturated carbocycles. The van der Waals surface area contributed by atoms with Gasteiger partial charge in [0.25, 0.3) is 0 Å². The maximum absolute atomic E-state index is 12.4. The molecule has 0 saturated heterocycles. The second-order valence-corrected chi connectivity index (χ2v) is 10.9. The standard InChI is InChI=1S/C28H44N4O7/c1-18(30-25(35)15-20(3)32-27(37)39-28(5,6)7)13-23(33)29-19(2)14-24(34)31-21(4)16-26(36)38-17-22-11-9-8-10-12-22/h8-12,18-21H,13-17H2,1-7H3,(H,29,33)(H,30,35)(H,31,34)(H,32,37)/t18-,19-,20-,21-/m0/s1. The van der Waals surface area contributed by atoms with Gasteiger partial charge in [-0.2, -0.15) is 0 Å². The fraction of sp³-hybridized carbons (Fsp3) is 0.607. The summed E-state index contributed by atoms with van der Waals surface area (Å²) in [7, 11) is 0. The molecule has 1 rings (SSSR count). The number of ether oxygens (including phenoxy) is 2. The van der Waals surface area contributed by atoms with Crippen LogP contribution in [0.15, 0.2) is 30.3 Å². The van der Waals surface area contributed by atoms with Gasteiger partial charge >= 0.3 is 12.1 Å². The Morgan fingerprint density at radius 3 is 1.51 bits per heavy atom. The van der Waals surface area contributed by atoms with Crippen molar-refractivity contribution in [3.63, 3.8) is 0 Å². The molecule has 39 heavy (non-hydrogen) atoms. The van der Waals surface area contributed by atoms with Gasteiger partial charge in [0.1, 0.15) is 12.2 Å². The number of amides is 4. The quantitative estimate of drug-likeness (QED) is 0.261. The average molecular weight is 549 g/mol. The van der Waals surface area contributed by atoms with Crippen molar-refractivity contribution in [2.24, 2.45) is 0 Å². The van der Waals surface area contributed by atoms with Gasteiger partial charge in [0, 0.05) is 43.4 Å². The van der Waals surface area contributed by atoms with Crippen LogP contribution in [0.25, 0.3) is 0 Å². The molecule has 0 bridgehead atoms. The Bertz CT molecular complexity index is 962. The molecule has 11 nitrogen and oxygen atoms in total. The van der Waals surface area contributed by atoms with Crippen LogP contribution in [0.5, 0.6) is 0 Å². The van der Waals surface area contributed by atoms with E-state index in [0.29, 0.717) is 0 Å². The van der Waals surface area contributed by atoms with Crippen molar-refractivity contribution in [3.8, 4) is 0 Å². The Morgan fingerprint density at radius 1 is 0.667 bits per heavy atom. The first-order chi connectivity index (χ1) is 18.1. The maximum Gasteiger partial charge on any atom is 0.407 e. The first kappa shape index (κ1) is 33.4. The minimum absolute atomic E-state index is 0.0230. The molecule has 1 aromatic rings. The van der Waals surface area contributed by atoms with Crippen molar-refractivity contribution in [3.05, 3.63) is 35.9 Å². The monoisotopic (exact) mass is 548 g/mol. The molecule has 0 unspecified atom stereocenters. The van der Waals surface area contributed by atoms with E-state index in [1.54, 1.807) is 48.5 Å². The molecule has 4 atom stereocenters. The van der Waals surface area contributed by atoms with Crippen LogP contribution in [0.2, 0.25) is 0 Å². The van der Waals surface area contributed by atoms with E-state index >= 15 is 0 Å². The minimum atomic E-state index is -0.638. The zero-order valence-electron chi connectivity index (χ0n) is 24.1. The van der Waals surface area contributed by atoms with Gasteiger partial charge in [0.05, 0.1) is 6.42 Å². The van der Waals surface area contributed by atoms with E-state index < -0.39 is 41.8 Å². The molecule has 0 aromatic heterocycles. The van der Waals surface area contributed by atoms with Crippen molar-refractivity contribution in [2.75, 3.05) is 0 Å². The topological polar surface area (TPSA) is 152 Å². The summed E-state index contributed by atoms with van der Waals surface area (Å²) >= 11 is 0. The van der Waals surface area contributed by atoms with Gasteiger partial charge in [-0.25, -0.2) is 4.79 Å². The number of benzene rings is 1. The zero-order chi connectivity index (χ0) is 29.6. The molecule has 0 aliphatic rings. The third-order valence-electron chi connectivity index (χ3n) is 5.18. The number of carbonyl (C=O) groups is 5. The van der Waals surface area contributed by atoms with E-state index in [1.165, 1.54) is 0 Å². The van der Waals surface area contributed by atoms with E-state index in [-0.39, 0.29) is 50.0 Å². The number of rotatable bonds is 14. The number of carbonyl (C=O) groups excluding carboxylic acids is 5. The lowest BCUT2D eigenvalue weighted by atomic mass is 10.1. The molecule has 4 N–H and O–H groups in total. The van der Waals surface area contributed by atoms with Gasteiger partial charge in [-0.15, -0.1) is 0 Å².